The molecule has 0 radical (unpaired) electrons. The number of pyridine rings is 1. The van der Waals surface area contributed by atoms with Crippen molar-refractivity contribution in [3.05, 3.63) is 47.2 Å². The Hall–Kier alpha value is -4.41. The zero-order valence-corrected chi connectivity index (χ0v) is 33.4. The number of alkyl halides is 3. The first-order valence-corrected chi connectivity index (χ1v) is 21.2. The summed E-state index contributed by atoms with van der Waals surface area (Å²) in [4.78, 5) is 61.8. The Bertz CT molecular complexity index is 2120. The normalized spacial score (nSPS) is 29.2. The van der Waals surface area contributed by atoms with Crippen LogP contribution in [0.15, 0.2) is 30.4 Å². The second-order valence-electron chi connectivity index (χ2n) is 17.1. The van der Waals surface area contributed by atoms with Gasteiger partial charge >= 0.3 is 12.3 Å². The number of para-hydroxylation sites is 1. The molecule has 4 amide bonds. The Morgan fingerprint density at radius 2 is 1.88 bits per heavy atom. The van der Waals surface area contributed by atoms with Crippen LogP contribution in [0.2, 0.25) is 0 Å². The molecule has 0 unspecified atom stereocenters. The van der Waals surface area contributed by atoms with Gasteiger partial charge in [0.15, 0.2) is 0 Å². The van der Waals surface area contributed by atoms with E-state index in [1.165, 1.54) is 11.0 Å². The second kappa shape index (κ2) is 14.8. The van der Waals surface area contributed by atoms with Crippen LogP contribution < -0.4 is 20.1 Å². The maximum Gasteiger partial charge on any atom is 0.418 e. The van der Waals surface area contributed by atoms with Gasteiger partial charge in [-0.05, 0) is 77.2 Å². The molecule has 7 rings (SSSR count). The zero-order valence-electron chi connectivity index (χ0n) is 32.6. The lowest BCUT2D eigenvalue weighted by atomic mass is 9.86. The lowest BCUT2D eigenvalue weighted by Gasteiger charge is -2.37. The van der Waals surface area contributed by atoms with Gasteiger partial charge in [0.2, 0.25) is 21.8 Å². The van der Waals surface area contributed by atoms with Crippen LogP contribution in [-0.4, -0.2) is 83.2 Å². The Kier molecular flexibility index (Phi) is 10.6. The van der Waals surface area contributed by atoms with E-state index in [9.17, 15) is 40.8 Å². The molecule has 0 bridgehead atoms. The Morgan fingerprint density at radius 1 is 1.12 bits per heavy atom. The molecule has 1 aromatic heterocycles. The number of aromatic nitrogens is 1. The SMILES string of the molecule is Cc1nc2c(C(F)(F)F)cccc2c2c1O[C@]1(CC2)C[C@H]2C(=O)N[C@]3(C(=O)NS(=O)(=O)C4(C)CC4)C[C@H]3/C=C\CCCCC[C@H](NC(=O)OCC(C)C)C(=O)N2C1. The number of hydrogen-bond acceptors (Lipinski definition) is 9. The van der Waals surface area contributed by atoms with Crippen LogP contribution in [0.3, 0.4) is 0 Å². The summed E-state index contributed by atoms with van der Waals surface area (Å²) < 4.78 is 81.6. The highest BCUT2D eigenvalue weighted by atomic mass is 32.2. The Labute approximate surface area is 329 Å². The van der Waals surface area contributed by atoms with E-state index >= 15 is 0 Å². The second-order valence-corrected chi connectivity index (χ2v) is 19.3. The van der Waals surface area contributed by atoms with Crippen LogP contribution in [-0.2, 0) is 41.7 Å². The van der Waals surface area contributed by atoms with Gasteiger partial charge in [0.05, 0.1) is 34.7 Å². The maximum atomic E-state index is 14.7. The molecule has 2 saturated carbocycles. The van der Waals surface area contributed by atoms with Crippen molar-refractivity contribution in [2.24, 2.45) is 11.8 Å². The van der Waals surface area contributed by atoms with Gasteiger partial charge in [0.1, 0.15) is 29.0 Å². The van der Waals surface area contributed by atoms with Crippen molar-refractivity contribution in [2.75, 3.05) is 13.2 Å². The first-order valence-electron chi connectivity index (χ1n) is 19.8. The van der Waals surface area contributed by atoms with Crippen LogP contribution in [0, 0.1) is 18.8 Å². The maximum absolute atomic E-state index is 14.7. The van der Waals surface area contributed by atoms with Crippen molar-refractivity contribution in [2.45, 2.75) is 132 Å². The third-order valence-corrected chi connectivity index (χ3v) is 14.3. The van der Waals surface area contributed by atoms with E-state index in [0.717, 1.165) is 12.5 Å². The van der Waals surface area contributed by atoms with Gasteiger partial charge in [0.25, 0.3) is 5.91 Å². The molecule has 5 atom stereocenters. The van der Waals surface area contributed by atoms with Gasteiger partial charge in [-0.3, -0.25) is 19.1 Å². The van der Waals surface area contributed by atoms with Gasteiger partial charge in [-0.15, -0.1) is 0 Å². The molecule has 3 aliphatic heterocycles. The van der Waals surface area contributed by atoms with Crippen LogP contribution in [0.25, 0.3) is 10.9 Å². The van der Waals surface area contributed by atoms with Crippen LogP contribution in [0.5, 0.6) is 5.75 Å². The first kappa shape index (κ1) is 40.8. The van der Waals surface area contributed by atoms with Crippen LogP contribution in [0.4, 0.5) is 18.0 Å². The van der Waals surface area contributed by atoms with Gasteiger partial charge in [-0.2, -0.15) is 13.2 Å². The standard InChI is InChI=1S/C40H50F3N5O8S/c1-23(2)21-55-36(52)45-29-14-9-7-5-6-8-11-25-19-39(25,35(51)47-57(53,54)37(4)17-18-37)46-33(49)30-20-38(22-48(30)34(29)50)16-15-27-26-12-10-13-28(40(41,42)43)31(26)44-24(3)32(27)56-38/h8,10-13,23,25,29-30H,5-7,9,14-22H2,1-4H3,(H,45,52)(H,46,49)(H,47,51)/b11-8-/t25-,29+,30+,38-,39-/m1/s1. The molecule has 17 heteroatoms. The van der Waals surface area contributed by atoms with Crippen LogP contribution >= 0.6 is 0 Å². The number of benzene rings is 1. The van der Waals surface area contributed by atoms with E-state index in [0.29, 0.717) is 43.1 Å². The van der Waals surface area contributed by atoms with E-state index in [1.54, 1.807) is 19.9 Å². The van der Waals surface area contributed by atoms with Gasteiger partial charge in [-0.25, -0.2) is 18.2 Å². The molecule has 310 valence electrons. The lowest BCUT2D eigenvalue weighted by Crippen LogP contribution is -2.58. The smallest absolute Gasteiger partial charge is 0.418 e. The Morgan fingerprint density at radius 3 is 2.58 bits per heavy atom. The number of ether oxygens (including phenoxy) is 2. The molecule has 2 aromatic rings. The zero-order chi connectivity index (χ0) is 41.1. The minimum absolute atomic E-state index is 0.0401. The van der Waals surface area contributed by atoms with E-state index in [4.69, 9.17) is 9.47 Å². The molecule has 57 heavy (non-hydrogen) atoms. The fourth-order valence-corrected chi connectivity index (χ4v) is 9.68. The number of carbonyl (C=O) groups excluding carboxylic acids is 4. The fraction of sp³-hybridized carbons (Fsp3) is 0.625. The number of aryl methyl sites for hydroxylation is 2. The summed E-state index contributed by atoms with van der Waals surface area (Å²) in [5.74, 6) is -2.30. The average Bonchev–Trinajstić information content (AvgIpc) is 4.03. The summed E-state index contributed by atoms with van der Waals surface area (Å²) >= 11 is 0. The van der Waals surface area contributed by atoms with Crippen molar-refractivity contribution in [1.29, 1.82) is 0 Å². The molecule has 1 spiro atoms. The summed E-state index contributed by atoms with van der Waals surface area (Å²) in [5, 5.41) is 5.87. The summed E-state index contributed by atoms with van der Waals surface area (Å²) in [7, 11) is -4.05. The number of amides is 4. The van der Waals surface area contributed by atoms with Gasteiger partial charge in [0, 0.05) is 23.3 Å². The van der Waals surface area contributed by atoms with E-state index in [-0.39, 0.29) is 68.1 Å². The number of alkyl carbamates (subject to hydrolysis) is 1. The topological polar surface area (TPSA) is 173 Å². The number of carbonyl (C=O) groups is 4. The Balaban J connectivity index is 1.24. The highest BCUT2D eigenvalue weighted by molar-refractivity contribution is 7.91. The first-order chi connectivity index (χ1) is 26.8. The predicted molar refractivity (Wildman–Crippen MR) is 202 cm³/mol. The third-order valence-electron chi connectivity index (χ3n) is 12.1. The molecule has 4 heterocycles. The summed E-state index contributed by atoms with van der Waals surface area (Å²) in [6.45, 7) is 6.87. The number of fused-ring (bicyclic) bond motifs is 5. The minimum Gasteiger partial charge on any atom is -0.483 e. The van der Waals surface area contributed by atoms with Crippen molar-refractivity contribution in [3.63, 3.8) is 0 Å². The molecule has 3 N–H and O–H groups in total. The van der Waals surface area contributed by atoms with Crippen molar-refractivity contribution < 1.29 is 50.2 Å². The lowest BCUT2D eigenvalue weighted by molar-refractivity contribution is -0.141. The summed E-state index contributed by atoms with van der Waals surface area (Å²) in [5.41, 5.74) is -3.09. The molecule has 5 aliphatic rings. The largest absolute Gasteiger partial charge is 0.483 e. The number of nitrogens with one attached hydrogen (secondary N) is 3. The molecule has 1 saturated heterocycles. The molecule has 1 aromatic carbocycles. The molecule has 2 aliphatic carbocycles. The molecule has 3 fully saturated rings. The molecular weight excluding hydrogens is 768 g/mol. The van der Waals surface area contributed by atoms with E-state index < -0.39 is 79.5 Å². The number of hydrogen-bond donors (Lipinski definition) is 3. The third kappa shape index (κ3) is 7.92. The van der Waals surface area contributed by atoms with Crippen molar-refractivity contribution >= 4 is 44.7 Å². The quantitative estimate of drug-likeness (QED) is 0.324. The highest BCUT2D eigenvalue weighted by Gasteiger charge is 2.64. The van der Waals surface area contributed by atoms with Crippen molar-refractivity contribution in [3.8, 4) is 5.75 Å². The molecular formula is C40H50F3N5O8S. The summed E-state index contributed by atoms with van der Waals surface area (Å²) in [6, 6.07) is 1.57. The van der Waals surface area contributed by atoms with E-state index in [1.807, 2.05) is 26.0 Å². The number of rotatable bonds is 6. The number of sulfonamides is 1. The number of allylic oxidation sites excluding steroid dienone is 1. The van der Waals surface area contributed by atoms with Crippen molar-refractivity contribution in [1.82, 2.24) is 25.2 Å². The van der Waals surface area contributed by atoms with Gasteiger partial charge < -0.3 is 25.0 Å². The number of nitrogens with zero attached hydrogens (tertiary/aromatic N) is 2. The molecule has 13 nitrogen and oxygen atoms in total. The highest BCUT2D eigenvalue weighted by Crippen LogP contribution is 2.49. The van der Waals surface area contributed by atoms with Gasteiger partial charge in [-0.1, -0.05) is 51.0 Å². The van der Waals surface area contributed by atoms with E-state index in [2.05, 4.69) is 20.3 Å². The summed E-state index contributed by atoms with van der Waals surface area (Å²) in [6.07, 6.45) is 2.63. The minimum atomic E-state index is -4.63. The monoisotopic (exact) mass is 817 g/mol. The van der Waals surface area contributed by atoms with Crippen LogP contribution in [0.1, 0.15) is 102 Å². The fourth-order valence-electron chi connectivity index (χ4n) is 8.37. The number of halogens is 3. The predicted octanol–water partition coefficient (Wildman–Crippen LogP) is 5.37. The average molecular weight is 818 g/mol.